The Kier molecular flexibility index (Phi) is 5.08. The van der Waals surface area contributed by atoms with Crippen molar-refractivity contribution < 1.29 is 4.79 Å². The minimum Gasteiger partial charge on any atom is -0.299 e. The van der Waals surface area contributed by atoms with Gasteiger partial charge in [-0.15, -0.1) is 0 Å². The Bertz CT molecular complexity index is 649. The number of allylic oxidation sites excluding steroid dienone is 5. The first-order valence-corrected chi connectivity index (χ1v) is 6.47. The molecule has 0 aromatic carbocycles. The minimum absolute atomic E-state index is 0.129. The number of rotatable bonds is 3. The zero-order valence-corrected chi connectivity index (χ0v) is 11.8. The first-order chi connectivity index (χ1) is 10.2. The van der Waals surface area contributed by atoms with Crippen LogP contribution in [0, 0.1) is 0 Å². The molecule has 0 saturated heterocycles. The number of carbonyl (C=O) groups is 1. The molecule has 1 heterocycles. The Labute approximate surface area is 127 Å². The van der Waals surface area contributed by atoms with Gasteiger partial charge in [-0.25, -0.2) is 10.9 Å². The van der Waals surface area contributed by atoms with Crippen molar-refractivity contribution in [3.8, 4) is 0 Å². The predicted molar refractivity (Wildman–Crippen MR) is 85.0 cm³/mol. The Morgan fingerprint density at radius 2 is 2.19 bits per heavy atom. The zero-order valence-electron chi connectivity index (χ0n) is 11.0. The highest BCUT2D eigenvalue weighted by molar-refractivity contribution is 7.80. The highest BCUT2D eigenvalue weighted by Crippen LogP contribution is 2.09. The summed E-state index contributed by atoms with van der Waals surface area (Å²) in [7, 11) is 0. The lowest BCUT2D eigenvalue weighted by Gasteiger charge is -2.15. The van der Waals surface area contributed by atoms with Crippen LogP contribution in [0.3, 0.4) is 0 Å². The molecule has 7 heteroatoms. The molecule has 1 aromatic heterocycles. The fraction of sp³-hybridized carbons (Fsp3) is 0. The molecule has 1 aliphatic rings. The van der Waals surface area contributed by atoms with Crippen molar-refractivity contribution in [3.05, 3.63) is 66.2 Å². The molecule has 0 bridgehead atoms. The second-order valence-corrected chi connectivity index (χ2v) is 4.35. The number of pyridine rings is 1. The highest BCUT2D eigenvalue weighted by Gasteiger charge is 2.10. The maximum absolute atomic E-state index is 11.7. The van der Waals surface area contributed by atoms with Gasteiger partial charge < -0.3 is 0 Å². The predicted octanol–water partition coefficient (Wildman–Crippen LogP) is 1.04. The van der Waals surface area contributed by atoms with Gasteiger partial charge in [0.15, 0.2) is 5.78 Å². The molecule has 0 unspecified atom stereocenters. The topological polar surface area (TPSA) is 83.6 Å². The normalized spacial score (nSPS) is 15.7. The van der Waals surface area contributed by atoms with E-state index in [1.807, 2.05) is 6.07 Å². The van der Waals surface area contributed by atoms with Gasteiger partial charge in [-0.3, -0.25) is 15.2 Å². The second kappa shape index (κ2) is 7.22. The van der Waals surface area contributed by atoms with Crippen LogP contribution in [0.2, 0.25) is 0 Å². The van der Waals surface area contributed by atoms with Crippen molar-refractivity contribution in [1.82, 2.24) is 15.4 Å². The number of hydrogen-bond acceptors (Lipinski definition) is 5. The SMILES string of the molecule is NNC(=S)N(/C=C1\C=CC=CC1=O)/N=C/c1ccccn1. The van der Waals surface area contributed by atoms with Crippen LogP contribution in [0.1, 0.15) is 5.69 Å². The molecule has 106 valence electrons. The summed E-state index contributed by atoms with van der Waals surface area (Å²) in [5.41, 5.74) is 3.44. The first-order valence-electron chi connectivity index (χ1n) is 6.06. The van der Waals surface area contributed by atoms with Gasteiger partial charge in [-0.2, -0.15) is 5.10 Å². The molecule has 21 heavy (non-hydrogen) atoms. The summed E-state index contributed by atoms with van der Waals surface area (Å²) < 4.78 is 0. The van der Waals surface area contributed by atoms with Gasteiger partial charge in [0.1, 0.15) is 0 Å². The molecule has 0 saturated carbocycles. The number of ketones is 1. The van der Waals surface area contributed by atoms with Gasteiger partial charge >= 0.3 is 0 Å². The van der Waals surface area contributed by atoms with Crippen LogP contribution in [0.15, 0.2) is 65.6 Å². The molecule has 3 N–H and O–H groups in total. The van der Waals surface area contributed by atoms with Crippen molar-refractivity contribution in [2.45, 2.75) is 0 Å². The number of hydrazine groups is 1. The summed E-state index contributed by atoms with van der Waals surface area (Å²) in [6.45, 7) is 0. The second-order valence-electron chi connectivity index (χ2n) is 3.96. The van der Waals surface area contributed by atoms with Crippen LogP contribution in [0.25, 0.3) is 0 Å². The molecule has 0 amide bonds. The molecule has 1 aliphatic carbocycles. The quantitative estimate of drug-likeness (QED) is 0.285. The summed E-state index contributed by atoms with van der Waals surface area (Å²) in [6, 6.07) is 5.44. The molecule has 1 aromatic rings. The number of aromatic nitrogens is 1. The van der Waals surface area contributed by atoms with Crippen LogP contribution in [-0.4, -0.2) is 27.1 Å². The van der Waals surface area contributed by atoms with Crippen LogP contribution >= 0.6 is 12.2 Å². The van der Waals surface area contributed by atoms with E-state index in [0.717, 1.165) is 0 Å². The van der Waals surface area contributed by atoms with Gasteiger partial charge in [0.25, 0.3) is 0 Å². The zero-order chi connectivity index (χ0) is 15.1. The third-order valence-electron chi connectivity index (χ3n) is 2.51. The molecule has 0 radical (unpaired) electrons. The van der Waals surface area contributed by atoms with Crippen LogP contribution < -0.4 is 11.3 Å². The number of carbonyl (C=O) groups excluding carboxylic acids is 1. The van der Waals surface area contributed by atoms with E-state index in [0.29, 0.717) is 11.3 Å². The standard InChI is InChI=1S/C14H13N5OS/c15-18-14(21)19(10-11-5-1-2-7-13(11)20)17-9-12-6-3-4-8-16-12/h1-10H,15H2,(H,18,21)/b11-10+,17-9+. The van der Waals surface area contributed by atoms with E-state index in [2.05, 4.69) is 15.5 Å². The number of hydrogen-bond donors (Lipinski definition) is 2. The monoisotopic (exact) mass is 299 g/mol. The summed E-state index contributed by atoms with van der Waals surface area (Å²) in [6.07, 6.45) is 11.2. The lowest BCUT2D eigenvalue weighted by atomic mass is 10.1. The summed E-state index contributed by atoms with van der Waals surface area (Å²) in [5, 5.41) is 5.63. The van der Waals surface area contributed by atoms with E-state index in [4.69, 9.17) is 18.1 Å². The summed E-state index contributed by atoms with van der Waals surface area (Å²) >= 11 is 5.06. The van der Waals surface area contributed by atoms with Gasteiger partial charge in [-0.05, 0) is 36.5 Å². The van der Waals surface area contributed by atoms with E-state index in [1.165, 1.54) is 23.5 Å². The lowest BCUT2D eigenvalue weighted by molar-refractivity contribution is -0.111. The molecule has 0 atom stereocenters. The van der Waals surface area contributed by atoms with Crippen molar-refractivity contribution in [1.29, 1.82) is 0 Å². The van der Waals surface area contributed by atoms with Crippen LogP contribution in [0.5, 0.6) is 0 Å². The third kappa shape index (κ3) is 4.16. The van der Waals surface area contributed by atoms with E-state index >= 15 is 0 Å². The third-order valence-corrected chi connectivity index (χ3v) is 2.82. The summed E-state index contributed by atoms with van der Waals surface area (Å²) in [4.78, 5) is 15.8. The van der Waals surface area contributed by atoms with Crippen molar-refractivity contribution in [2.75, 3.05) is 0 Å². The average molecular weight is 299 g/mol. The van der Waals surface area contributed by atoms with Crippen molar-refractivity contribution in [2.24, 2.45) is 10.9 Å². The first kappa shape index (κ1) is 14.8. The number of nitrogens with one attached hydrogen (secondary N) is 1. The van der Waals surface area contributed by atoms with Crippen LogP contribution in [0.4, 0.5) is 0 Å². The van der Waals surface area contributed by atoms with E-state index in [-0.39, 0.29) is 10.9 Å². The molecule has 0 fully saturated rings. The van der Waals surface area contributed by atoms with Crippen LogP contribution in [-0.2, 0) is 4.79 Å². The Balaban J connectivity index is 2.23. The smallest absolute Gasteiger partial charge is 0.208 e. The lowest BCUT2D eigenvalue weighted by Crippen LogP contribution is -2.38. The van der Waals surface area contributed by atoms with Crippen molar-refractivity contribution >= 4 is 29.3 Å². The average Bonchev–Trinajstić information content (AvgIpc) is 2.53. The number of hydrazone groups is 1. The molecule has 2 rings (SSSR count). The highest BCUT2D eigenvalue weighted by atomic mass is 32.1. The molecular formula is C14H13N5OS. The molecule has 6 nitrogen and oxygen atoms in total. The number of thiocarbonyl (C=S) groups is 1. The van der Waals surface area contributed by atoms with Gasteiger partial charge in [0, 0.05) is 18.0 Å². The van der Waals surface area contributed by atoms with E-state index in [1.54, 1.807) is 36.6 Å². The van der Waals surface area contributed by atoms with Gasteiger partial charge in [0.2, 0.25) is 5.11 Å². The maximum atomic E-state index is 11.7. The van der Waals surface area contributed by atoms with Gasteiger partial charge in [-0.1, -0.05) is 18.2 Å². The fourth-order valence-corrected chi connectivity index (χ4v) is 1.60. The van der Waals surface area contributed by atoms with E-state index in [9.17, 15) is 4.79 Å². The molecule has 0 spiro atoms. The largest absolute Gasteiger partial charge is 0.299 e. The van der Waals surface area contributed by atoms with E-state index < -0.39 is 0 Å². The molecule has 0 aliphatic heterocycles. The fourth-order valence-electron chi connectivity index (χ4n) is 1.50. The Morgan fingerprint density at radius 3 is 2.86 bits per heavy atom. The minimum atomic E-state index is -0.129. The maximum Gasteiger partial charge on any atom is 0.208 e. The Morgan fingerprint density at radius 1 is 1.38 bits per heavy atom. The van der Waals surface area contributed by atoms with Gasteiger partial charge in [0.05, 0.1) is 11.9 Å². The summed E-state index contributed by atoms with van der Waals surface area (Å²) in [5.74, 6) is 5.18. The van der Waals surface area contributed by atoms with Crippen molar-refractivity contribution in [3.63, 3.8) is 0 Å². The number of nitrogens with zero attached hydrogens (tertiary/aromatic N) is 3. The number of nitrogens with two attached hydrogens (primary N) is 1. The Hall–Kier alpha value is -2.64. The molecular weight excluding hydrogens is 286 g/mol.